The summed E-state index contributed by atoms with van der Waals surface area (Å²) in [6.07, 6.45) is 3.62. The van der Waals surface area contributed by atoms with Gasteiger partial charge in [-0.15, -0.1) is 0 Å². The molecule has 0 aromatic carbocycles. The van der Waals surface area contributed by atoms with Crippen molar-refractivity contribution in [3.8, 4) is 0 Å². The van der Waals surface area contributed by atoms with E-state index in [0.29, 0.717) is 15.4 Å². The summed E-state index contributed by atoms with van der Waals surface area (Å²) in [6, 6.07) is 1.82. The Hall–Kier alpha value is -0.550. The highest BCUT2D eigenvalue weighted by molar-refractivity contribution is 9.10. The fraction of sp³-hybridized carbons (Fsp3) is 0.143. The van der Waals surface area contributed by atoms with E-state index in [9.17, 15) is 0 Å². The molecule has 0 spiro atoms. The number of aromatic nitrogens is 2. The number of oxazole rings is 1. The van der Waals surface area contributed by atoms with Gasteiger partial charge in [0.2, 0.25) is 0 Å². The molecule has 62 valence electrons. The van der Waals surface area contributed by atoms with Crippen LogP contribution < -0.4 is 0 Å². The second-order valence-electron chi connectivity index (χ2n) is 2.13. The molecule has 2 rings (SSSR count). The lowest BCUT2D eigenvalue weighted by molar-refractivity contribution is 0.488. The lowest BCUT2D eigenvalue weighted by Gasteiger charge is -1.86. The van der Waals surface area contributed by atoms with Crippen LogP contribution in [0.4, 0.5) is 0 Å². The van der Waals surface area contributed by atoms with Gasteiger partial charge in [0.05, 0.1) is 0 Å². The molecule has 5 heteroatoms. The van der Waals surface area contributed by atoms with Gasteiger partial charge in [-0.3, -0.25) is 0 Å². The van der Waals surface area contributed by atoms with Crippen molar-refractivity contribution in [2.45, 2.75) is 5.22 Å². The van der Waals surface area contributed by atoms with Gasteiger partial charge in [-0.05, 0) is 28.3 Å². The molecule has 0 saturated carbocycles. The van der Waals surface area contributed by atoms with E-state index in [2.05, 4.69) is 25.9 Å². The topological polar surface area (TPSA) is 38.9 Å². The first-order valence-corrected chi connectivity index (χ1v) is 5.28. The number of hydrogen-bond donors (Lipinski definition) is 0. The molecular weight excluding hydrogens is 240 g/mol. The minimum Gasteiger partial charge on any atom is -0.428 e. The normalized spacial score (nSPS) is 10.8. The highest BCUT2D eigenvalue weighted by atomic mass is 79.9. The van der Waals surface area contributed by atoms with Crippen LogP contribution in [0.5, 0.6) is 0 Å². The summed E-state index contributed by atoms with van der Waals surface area (Å²) in [5, 5.41) is 0.665. The summed E-state index contributed by atoms with van der Waals surface area (Å²) >= 11 is 4.76. The van der Waals surface area contributed by atoms with E-state index >= 15 is 0 Å². The van der Waals surface area contributed by atoms with Crippen molar-refractivity contribution >= 4 is 38.8 Å². The number of fused-ring (bicyclic) bond motifs is 1. The standard InChI is InChI=1S/C7H5BrN2OS/c1-12-7-10-4-2-3-9-6(8)5(4)11-7/h2-3H,1H3. The second kappa shape index (κ2) is 3.06. The predicted molar refractivity (Wildman–Crippen MR) is 51.3 cm³/mol. The van der Waals surface area contributed by atoms with Gasteiger partial charge in [0.1, 0.15) is 5.52 Å². The van der Waals surface area contributed by atoms with Crippen LogP contribution >= 0.6 is 27.7 Å². The Morgan fingerprint density at radius 2 is 2.42 bits per heavy atom. The van der Waals surface area contributed by atoms with Gasteiger partial charge >= 0.3 is 0 Å². The zero-order valence-electron chi connectivity index (χ0n) is 6.24. The quantitative estimate of drug-likeness (QED) is 0.572. The molecule has 0 N–H and O–H groups in total. The van der Waals surface area contributed by atoms with Crippen LogP contribution in [0.3, 0.4) is 0 Å². The molecule has 0 atom stereocenters. The lowest BCUT2D eigenvalue weighted by Crippen LogP contribution is -1.73. The van der Waals surface area contributed by atoms with E-state index in [0.717, 1.165) is 5.52 Å². The zero-order valence-corrected chi connectivity index (χ0v) is 8.65. The van der Waals surface area contributed by atoms with Crippen LogP contribution in [-0.4, -0.2) is 16.2 Å². The maximum Gasteiger partial charge on any atom is 0.256 e. The van der Waals surface area contributed by atoms with Gasteiger partial charge in [-0.25, -0.2) is 9.97 Å². The number of nitrogens with zero attached hydrogens (tertiary/aromatic N) is 2. The Kier molecular flexibility index (Phi) is 2.06. The van der Waals surface area contributed by atoms with Crippen LogP contribution in [0.15, 0.2) is 26.5 Å². The predicted octanol–water partition coefficient (Wildman–Crippen LogP) is 2.71. The van der Waals surface area contributed by atoms with Crippen molar-refractivity contribution < 1.29 is 4.42 Å². The van der Waals surface area contributed by atoms with Crippen LogP contribution in [0.2, 0.25) is 0 Å². The van der Waals surface area contributed by atoms with Crippen LogP contribution in [0.25, 0.3) is 11.1 Å². The third-order valence-electron chi connectivity index (χ3n) is 1.42. The number of halogens is 1. The van der Waals surface area contributed by atoms with Crippen LogP contribution in [-0.2, 0) is 0 Å². The molecule has 12 heavy (non-hydrogen) atoms. The van der Waals surface area contributed by atoms with E-state index in [-0.39, 0.29) is 0 Å². The molecule has 0 aliphatic rings. The molecule has 0 fully saturated rings. The number of rotatable bonds is 1. The van der Waals surface area contributed by atoms with Crippen molar-refractivity contribution in [2.75, 3.05) is 6.26 Å². The maximum absolute atomic E-state index is 5.39. The SMILES string of the molecule is CSc1nc2ccnc(Br)c2o1. The first-order valence-electron chi connectivity index (χ1n) is 3.26. The largest absolute Gasteiger partial charge is 0.428 e. The number of pyridine rings is 1. The lowest BCUT2D eigenvalue weighted by atomic mass is 10.4. The third-order valence-corrected chi connectivity index (χ3v) is 2.50. The first kappa shape index (κ1) is 8.07. The van der Waals surface area contributed by atoms with Crippen molar-refractivity contribution in [1.29, 1.82) is 0 Å². The van der Waals surface area contributed by atoms with Gasteiger partial charge in [0.25, 0.3) is 5.22 Å². The van der Waals surface area contributed by atoms with Crippen molar-refractivity contribution in [3.05, 3.63) is 16.9 Å². The van der Waals surface area contributed by atoms with Gasteiger partial charge in [-0.1, -0.05) is 11.8 Å². The van der Waals surface area contributed by atoms with E-state index in [1.54, 1.807) is 6.20 Å². The fourth-order valence-electron chi connectivity index (χ4n) is 0.892. The average Bonchev–Trinajstić information content (AvgIpc) is 2.49. The second-order valence-corrected chi connectivity index (χ2v) is 3.64. The summed E-state index contributed by atoms with van der Waals surface area (Å²) in [7, 11) is 0. The molecule has 2 heterocycles. The van der Waals surface area contributed by atoms with Crippen LogP contribution in [0.1, 0.15) is 0 Å². The maximum atomic E-state index is 5.39. The average molecular weight is 245 g/mol. The van der Waals surface area contributed by atoms with Gasteiger partial charge < -0.3 is 4.42 Å². The molecule has 0 bridgehead atoms. The summed E-state index contributed by atoms with van der Waals surface area (Å²) in [5.74, 6) is 0. The Balaban J connectivity index is 2.74. The van der Waals surface area contributed by atoms with E-state index < -0.39 is 0 Å². The zero-order chi connectivity index (χ0) is 8.55. The summed E-state index contributed by atoms with van der Waals surface area (Å²) in [4.78, 5) is 8.25. The molecule has 2 aromatic heterocycles. The molecule has 0 radical (unpaired) electrons. The van der Waals surface area contributed by atoms with E-state index in [4.69, 9.17) is 4.42 Å². The molecule has 2 aromatic rings. The van der Waals surface area contributed by atoms with Gasteiger partial charge in [0.15, 0.2) is 10.2 Å². The minimum absolute atomic E-state index is 0.665. The fourth-order valence-corrected chi connectivity index (χ4v) is 1.65. The van der Waals surface area contributed by atoms with Crippen LogP contribution in [0, 0.1) is 0 Å². The highest BCUT2D eigenvalue weighted by Gasteiger charge is 2.07. The molecular formula is C7H5BrN2OS. The smallest absolute Gasteiger partial charge is 0.256 e. The number of hydrogen-bond acceptors (Lipinski definition) is 4. The number of thioether (sulfide) groups is 1. The van der Waals surface area contributed by atoms with Crippen molar-refractivity contribution in [3.63, 3.8) is 0 Å². The molecule has 0 aliphatic heterocycles. The Labute approximate surface area is 81.7 Å². The van der Waals surface area contributed by atoms with Gasteiger partial charge in [0, 0.05) is 6.20 Å². The Morgan fingerprint density at radius 3 is 3.08 bits per heavy atom. The monoisotopic (exact) mass is 244 g/mol. The third kappa shape index (κ3) is 1.23. The van der Waals surface area contributed by atoms with Crippen molar-refractivity contribution in [2.24, 2.45) is 0 Å². The minimum atomic E-state index is 0.665. The Bertz CT molecular complexity index is 415. The molecule has 3 nitrogen and oxygen atoms in total. The molecule has 0 aliphatic carbocycles. The summed E-state index contributed by atoms with van der Waals surface area (Å²) in [6.45, 7) is 0. The van der Waals surface area contributed by atoms with E-state index in [1.807, 2.05) is 12.3 Å². The van der Waals surface area contributed by atoms with E-state index in [1.165, 1.54) is 11.8 Å². The van der Waals surface area contributed by atoms with Gasteiger partial charge in [-0.2, -0.15) is 0 Å². The van der Waals surface area contributed by atoms with Crippen molar-refractivity contribution in [1.82, 2.24) is 9.97 Å². The molecule has 0 unspecified atom stereocenters. The first-order chi connectivity index (χ1) is 5.81. The molecule has 0 amide bonds. The summed E-state index contributed by atoms with van der Waals surface area (Å²) in [5.41, 5.74) is 1.54. The summed E-state index contributed by atoms with van der Waals surface area (Å²) < 4.78 is 6.09. The molecule has 0 saturated heterocycles. The Morgan fingerprint density at radius 1 is 1.58 bits per heavy atom. The highest BCUT2D eigenvalue weighted by Crippen LogP contribution is 2.25.